The lowest BCUT2D eigenvalue weighted by molar-refractivity contribution is -0.141. The van der Waals surface area contributed by atoms with Crippen LogP contribution in [0.3, 0.4) is 0 Å². The predicted octanol–water partition coefficient (Wildman–Crippen LogP) is 4.57. The molecule has 0 saturated carbocycles. The van der Waals surface area contributed by atoms with E-state index in [1.54, 1.807) is 0 Å². The van der Waals surface area contributed by atoms with Crippen LogP contribution in [0.25, 0.3) is 10.9 Å². The van der Waals surface area contributed by atoms with E-state index in [9.17, 15) is 4.79 Å². The zero-order valence-electron chi connectivity index (χ0n) is 15.5. The molecule has 1 aliphatic heterocycles. The van der Waals surface area contributed by atoms with Crippen molar-refractivity contribution in [3.63, 3.8) is 0 Å². The van der Waals surface area contributed by atoms with Gasteiger partial charge in [-0.05, 0) is 24.6 Å². The molecule has 1 N–H and O–H groups in total. The fraction of sp³-hybridized carbons (Fsp3) is 0.318. The monoisotopic (exact) mass is 348 g/mol. The Kier molecular flexibility index (Phi) is 3.98. The van der Waals surface area contributed by atoms with E-state index in [0.29, 0.717) is 6.61 Å². The van der Waals surface area contributed by atoms with Gasteiger partial charge in [0, 0.05) is 33.8 Å². The van der Waals surface area contributed by atoms with Gasteiger partial charge in [-0.1, -0.05) is 50.2 Å². The number of anilines is 1. The molecule has 1 aromatic heterocycles. The lowest BCUT2D eigenvalue weighted by Crippen LogP contribution is -2.37. The van der Waals surface area contributed by atoms with E-state index in [1.807, 2.05) is 19.1 Å². The SMILES string of the molecule is CCOC(=O)CN1c2ccccc2C(C)(C)C1c1c[nH]c2ccccc12. The highest BCUT2D eigenvalue weighted by atomic mass is 16.5. The third-order valence-corrected chi connectivity index (χ3v) is 5.42. The third-order valence-electron chi connectivity index (χ3n) is 5.42. The van der Waals surface area contributed by atoms with Crippen molar-refractivity contribution in [3.05, 3.63) is 65.9 Å². The average molecular weight is 348 g/mol. The maximum atomic E-state index is 12.3. The molecule has 3 aromatic rings. The Balaban J connectivity index is 1.86. The van der Waals surface area contributed by atoms with Crippen LogP contribution in [0.4, 0.5) is 5.69 Å². The van der Waals surface area contributed by atoms with Crippen molar-refractivity contribution in [3.8, 4) is 0 Å². The van der Waals surface area contributed by atoms with Crippen LogP contribution in [0.5, 0.6) is 0 Å². The van der Waals surface area contributed by atoms with E-state index in [0.717, 1.165) is 11.2 Å². The third kappa shape index (κ3) is 2.48. The Morgan fingerprint density at radius 1 is 1.15 bits per heavy atom. The molecule has 134 valence electrons. The predicted molar refractivity (Wildman–Crippen MR) is 104 cm³/mol. The summed E-state index contributed by atoms with van der Waals surface area (Å²) in [5.41, 5.74) is 4.57. The first kappa shape index (κ1) is 16.7. The molecular weight excluding hydrogens is 324 g/mol. The second-order valence-corrected chi connectivity index (χ2v) is 7.36. The molecule has 0 radical (unpaired) electrons. The van der Waals surface area contributed by atoms with Crippen molar-refractivity contribution in [1.82, 2.24) is 4.98 Å². The van der Waals surface area contributed by atoms with Crippen molar-refractivity contribution in [2.45, 2.75) is 32.2 Å². The summed E-state index contributed by atoms with van der Waals surface area (Å²) in [5.74, 6) is -0.190. The van der Waals surface area contributed by atoms with Gasteiger partial charge in [-0.2, -0.15) is 0 Å². The highest BCUT2D eigenvalue weighted by Gasteiger charge is 2.46. The van der Waals surface area contributed by atoms with Gasteiger partial charge < -0.3 is 14.6 Å². The largest absolute Gasteiger partial charge is 0.465 e. The number of carbonyl (C=O) groups excluding carboxylic acids is 1. The number of hydrogen-bond donors (Lipinski definition) is 1. The van der Waals surface area contributed by atoms with Gasteiger partial charge in [-0.3, -0.25) is 4.79 Å². The van der Waals surface area contributed by atoms with Crippen molar-refractivity contribution in [2.24, 2.45) is 0 Å². The summed E-state index contributed by atoms with van der Waals surface area (Å²) in [6.07, 6.45) is 2.08. The number of benzene rings is 2. The number of nitrogens with zero attached hydrogens (tertiary/aromatic N) is 1. The molecular formula is C22H24N2O2. The Bertz CT molecular complexity index is 957. The minimum absolute atomic E-state index is 0.0560. The molecule has 1 atom stereocenters. The zero-order chi connectivity index (χ0) is 18.3. The van der Waals surface area contributed by atoms with Crippen LogP contribution in [0.2, 0.25) is 0 Å². The van der Waals surface area contributed by atoms with Crippen LogP contribution in [0.1, 0.15) is 37.9 Å². The maximum absolute atomic E-state index is 12.3. The summed E-state index contributed by atoms with van der Waals surface area (Å²) in [7, 11) is 0. The average Bonchev–Trinajstić information content (AvgIpc) is 3.13. The van der Waals surface area contributed by atoms with Crippen molar-refractivity contribution < 1.29 is 9.53 Å². The minimum Gasteiger partial charge on any atom is -0.465 e. The number of carbonyl (C=O) groups is 1. The first-order valence-corrected chi connectivity index (χ1v) is 9.12. The first-order chi connectivity index (χ1) is 12.5. The lowest BCUT2D eigenvalue weighted by Gasteiger charge is -2.34. The van der Waals surface area contributed by atoms with Gasteiger partial charge >= 0.3 is 5.97 Å². The molecule has 0 saturated heterocycles. The lowest BCUT2D eigenvalue weighted by atomic mass is 9.77. The summed E-state index contributed by atoms with van der Waals surface area (Å²) in [4.78, 5) is 17.9. The Morgan fingerprint density at radius 2 is 1.88 bits per heavy atom. The Labute approximate surface area is 153 Å². The standard InChI is InChI=1S/C22H24N2O2/c1-4-26-20(25)14-24-19-12-8-6-10-17(19)22(2,3)21(24)16-13-23-18-11-7-5-9-15(16)18/h5-13,21,23H,4,14H2,1-3H3. The van der Waals surface area contributed by atoms with Crippen LogP contribution in [-0.2, 0) is 14.9 Å². The molecule has 0 spiro atoms. The van der Waals surface area contributed by atoms with Gasteiger partial charge in [0.1, 0.15) is 6.54 Å². The van der Waals surface area contributed by atoms with E-state index in [1.165, 1.54) is 16.5 Å². The van der Waals surface area contributed by atoms with Crippen LogP contribution >= 0.6 is 0 Å². The number of esters is 1. The van der Waals surface area contributed by atoms with E-state index < -0.39 is 0 Å². The second-order valence-electron chi connectivity index (χ2n) is 7.36. The molecule has 1 unspecified atom stereocenters. The second kappa shape index (κ2) is 6.20. The van der Waals surface area contributed by atoms with Crippen LogP contribution in [-0.4, -0.2) is 24.1 Å². The molecule has 2 aromatic carbocycles. The fourth-order valence-corrected chi connectivity index (χ4v) is 4.34. The first-order valence-electron chi connectivity index (χ1n) is 9.12. The maximum Gasteiger partial charge on any atom is 0.325 e. The molecule has 1 aliphatic rings. The van der Waals surface area contributed by atoms with E-state index in [-0.39, 0.29) is 24.0 Å². The highest BCUT2D eigenvalue weighted by molar-refractivity contribution is 5.86. The van der Waals surface area contributed by atoms with E-state index in [2.05, 4.69) is 66.3 Å². The van der Waals surface area contributed by atoms with Crippen molar-refractivity contribution >= 4 is 22.6 Å². The molecule has 2 heterocycles. The summed E-state index contributed by atoms with van der Waals surface area (Å²) < 4.78 is 5.25. The number of aromatic amines is 1. The number of para-hydroxylation sites is 2. The van der Waals surface area contributed by atoms with Gasteiger partial charge in [0.2, 0.25) is 0 Å². The summed E-state index contributed by atoms with van der Waals surface area (Å²) >= 11 is 0. The highest BCUT2D eigenvalue weighted by Crippen LogP contribution is 2.53. The van der Waals surface area contributed by atoms with E-state index in [4.69, 9.17) is 4.74 Å². The fourth-order valence-electron chi connectivity index (χ4n) is 4.34. The van der Waals surface area contributed by atoms with Crippen molar-refractivity contribution in [1.29, 1.82) is 0 Å². The number of rotatable bonds is 4. The topological polar surface area (TPSA) is 45.3 Å². The summed E-state index contributed by atoms with van der Waals surface area (Å²) in [6.45, 7) is 7.00. The molecule has 4 nitrogen and oxygen atoms in total. The summed E-state index contributed by atoms with van der Waals surface area (Å²) in [6, 6.07) is 16.8. The molecule has 4 heteroatoms. The van der Waals surface area contributed by atoms with Gasteiger partial charge in [-0.25, -0.2) is 0 Å². The smallest absolute Gasteiger partial charge is 0.325 e. The molecule has 0 bridgehead atoms. The quantitative estimate of drug-likeness (QED) is 0.703. The van der Waals surface area contributed by atoms with Crippen LogP contribution < -0.4 is 4.90 Å². The number of H-pyrrole nitrogens is 1. The van der Waals surface area contributed by atoms with Gasteiger partial charge in [-0.15, -0.1) is 0 Å². The Hall–Kier alpha value is -2.75. The van der Waals surface area contributed by atoms with Gasteiger partial charge in [0.15, 0.2) is 0 Å². The Morgan fingerprint density at radius 3 is 2.69 bits per heavy atom. The van der Waals surface area contributed by atoms with Crippen molar-refractivity contribution in [2.75, 3.05) is 18.1 Å². The van der Waals surface area contributed by atoms with E-state index >= 15 is 0 Å². The molecule has 0 amide bonds. The number of fused-ring (bicyclic) bond motifs is 2. The van der Waals surface area contributed by atoms with Crippen LogP contribution in [0.15, 0.2) is 54.7 Å². The number of ether oxygens (including phenoxy) is 1. The minimum atomic E-state index is -0.190. The molecule has 4 rings (SSSR count). The number of hydrogen-bond acceptors (Lipinski definition) is 3. The zero-order valence-corrected chi connectivity index (χ0v) is 15.5. The van der Waals surface area contributed by atoms with Gasteiger partial charge in [0.25, 0.3) is 0 Å². The number of aromatic nitrogens is 1. The van der Waals surface area contributed by atoms with Crippen LogP contribution in [0, 0.1) is 0 Å². The molecule has 0 fully saturated rings. The molecule has 26 heavy (non-hydrogen) atoms. The normalized spacial score (nSPS) is 18.1. The number of nitrogens with one attached hydrogen (secondary N) is 1. The van der Waals surface area contributed by atoms with Gasteiger partial charge in [0.05, 0.1) is 12.6 Å². The molecule has 0 aliphatic carbocycles. The summed E-state index contributed by atoms with van der Waals surface area (Å²) in [5, 5.41) is 1.20.